The van der Waals surface area contributed by atoms with Crippen molar-refractivity contribution >= 4 is 0 Å². The summed E-state index contributed by atoms with van der Waals surface area (Å²) in [7, 11) is 1.64. The second-order valence-corrected chi connectivity index (χ2v) is 5.39. The van der Waals surface area contributed by atoms with Gasteiger partial charge in [-0.1, -0.05) is 17.3 Å². The Hall–Kier alpha value is -2.67. The number of H-pyrrole nitrogens is 1. The van der Waals surface area contributed by atoms with E-state index < -0.39 is 0 Å². The second kappa shape index (κ2) is 5.85. The van der Waals surface area contributed by atoms with Gasteiger partial charge in [-0.3, -0.25) is 5.10 Å². The minimum Gasteiger partial charge on any atom is -0.496 e. The van der Waals surface area contributed by atoms with E-state index in [-0.39, 0.29) is 5.92 Å². The van der Waals surface area contributed by atoms with Crippen molar-refractivity contribution < 1.29 is 14.0 Å². The number of ether oxygens (including phenoxy) is 2. The van der Waals surface area contributed by atoms with E-state index in [0.29, 0.717) is 24.0 Å². The predicted octanol–water partition coefficient (Wildman–Crippen LogP) is 2.64. The SMILES string of the molecule is COc1ccccc1-c1cc(-c2nc([C@H]3CCOC3)no2)[nH]n1. The Morgan fingerprint density at radius 1 is 1.30 bits per heavy atom. The van der Waals surface area contributed by atoms with E-state index in [9.17, 15) is 0 Å². The van der Waals surface area contributed by atoms with Crippen molar-refractivity contribution in [3.8, 4) is 28.6 Å². The molecule has 0 amide bonds. The highest BCUT2D eigenvalue weighted by Crippen LogP contribution is 2.31. The molecule has 1 aromatic carbocycles. The van der Waals surface area contributed by atoms with Gasteiger partial charge in [0, 0.05) is 18.1 Å². The molecular weight excluding hydrogens is 296 g/mol. The van der Waals surface area contributed by atoms with Crippen LogP contribution in [0.4, 0.5) is 0 Å². The first-order valence-corrected chi connectivity index (χ1v) is 7.45. The van der Waals surface area contributed by atoms with Crippen LogP contribution in [0.5, 0.6) is 5.75 Å². The van der Waals surface area contributed by atoms with Gasteiger partial charge in [0.05, 0.1) is 19.4 Å². The van der Waals surface area contributed by atoms with Gasteiger partial charge in [-0.25, -0.2) is 0 Å². The lowest BCUT2D eigenvalue weighted by Crippen LogP contribution is -1.99. The number of methoxy groups -OCH3 is 1. The van der Waals surface area contributed by atoms with E-state index in [0.717, 1.165) is 30.0 Å². The number of rotatable bonds is 4. The van der Waals surface area contributed by atoms with Gasteiger partial charge in [-0.2, -0.15) is 10.1 Å². The van der Waals surface area contributed by atoms with E-state index in [4.69, 9.17) is 14.0 Å². The van der Waals surface area contributed by atoms with Crippen molar-refractivity contribution in [1.82, 2.24) is 20.3 Å². The van der Waals surface area contributed by atoms with E-state index in [1.165, 1.54) is 0 Å². The molecule has 0 aliphatic carbocycles. The van der Waals surface area contributed by atoms with Gasteiger partial charge in [0.1, 0.15) is 11.4 Å². The lowest BCUT2D eigenvalue weighted by Gasteiger charge is -2.04. The molecule has 1 N–H and O–H groups in total. The summed E-state index contributed by atoms with van der Waals surface area (Å²) in [6.45, 7) is 1.39. The average Bonchev–Trinajstić information content (AvgIpc) is 3.34. The maximum Gasteiger partial charge on any atom is 0.275 e. The molecule has 23 heavy (non-hydrogen) atoms. The Kier molecular flexibility index (Phi) is 3.55. The van der Waals surface area contributed by atoms with Crippen LogP contribution in [0, 0.1) is 0 Å². The molecular formula is C16H16N4O3. The molecule has 0 unspecified atom stereocenters. The van der Waals surface area contributed by atoms with Crippen LogP contribution in [0.3, 0.4) is 0 Å². The van der Waals surface area contributed by atoms with Crippen molar-refractivity contribution in [2.75, 3.05) is 20.3 Å². The minimum atomic E-state index is 0.212. The van der Waals surface area contributed by atoms with Gasteiger partial charge < -0.3 is 14.0 Å². The molecule has 0 spiro atoms. The molecule has 1 saturated heterocycles. The first-order chi connectivity index (χ1) is 11.3. The Morgan fingerprint density at radius 2 is 2.22 bits per heavy atom. The fraction of sp³-hybridized carbons (Fsp3) is 0.312. The van der Waals surface area contributed by atoms with Crippen LogP contribution >= 0.6 is 0 Å². The minimum absolute atomic E-state index is 0.212. The molecule has 1 aliphatic heterocycles. The van der Waals surface area contributed by atoms with Crippen molar-refractivity contribution in [2.45, 2.75) is 12.3 Å². The number of para-hydroxylation sites is 1. The monoisotopic (exact) mass is 312 g/mol. The Bertz CT molecular complexity index is 805. The van der Waals surface area contributed by atoms with Crippen LogP contribution in [-0.2, 0) is 4.74 Å². The molecule has 7 nitrogen and oxygen atoms in total. The molecule has 1 atom stereocenters. The summed E-state index contributed by atoms with van der Waals surface area (Å²) in [5.74, 6) is 2.09. The number of nitrogens with zero attached hydrogens (tertiary/aromatic N) is 3. The van der Waals surface area contributed by atoms with Gasteiger partial charge in [-0.05, 0) is 24.6 Å². The zero-order valence-electron chi connectivity index (χ0n) is 12.7. The highest BCUT2D eigenvalue weighted by Gasteiger charge is 2.24. The summed E-state index contributed by atoms with van der Waals surface area (Å²) in [6.07, 6.45) is 0.925. The van der Waals surface area contributed by atoms with Crippen molar-refractivity contribution in [3.63, 3.8) is 0 Å². The maximum atomic E-state index is 5.37. The van der Waals surface area contributed by atoms with Crippen molar-refractivity contribution in [1.29, 1.82) is 0 Å². The van der Waals surface area contributed by atoms with Crippen LogP contribution < -0.4 is 4.74 Å². The zero-order valence-corrected chi connectivity index (χ0v) is 12.7. The molecule has 7 heteroatoms. The highest BCUT2D eigenvalue weighted by molar-refractivity contribution is 5.70. The number of nitrogens with one attached hydrogen (secondary N) is 1. The second-order valence-electron chi connectivity index (χ2n) is 5.39. The quantitative estimate of drug-likeness (QED) is 0.797. The standard InChI is InChI=1S/C16H16N4O3/c1-21-14-5-3-2-4-11(14)12-8-13(19-18-12)16-17-15(20-23-16)10-6-7-22-9-10/h2-5,8,10H,6-7,9H2,1H3,(H,18,19)/t10-/m0/s1. The largest absolute Gasteiger partial charge is 0.496 e. The molecule has 3 heterocycles. The fourth-order valence-corrected chi connectivity index (χ4v) is 2.67. The third-order valence-corrected chi connectivity index (χ3v) is 3.93. The molecule has 0 bridgehead atoms. The van der Waals surface area contributed by atoms with Crippen molar-refractivity contribution in [2.24, 2.45) is 0 Å². The molecule has 2 aromatic heterocycles. The first-order valence-electron chi connectivity index (χ1n) is 7.45. The number of hydrogen-bond acceptors (Lipinski definition) is 6. The van der Waals surface area contributed by atoms with Crippen LogP contribution in [0.1, 0.15) is 18.2 Å². The van der Waals surface area contributed by atoms with E-state index in [1.54, 1.807) is 7.11 Å². The summed E-state index contributed by atoms with van der Waals surface area (Å²) < 4.78 is 16.1. The predicted molar refractivity (Wildman–Crippen MR) is 82.0 cm³/mol. The summed E-state index contributed by atoms with van der Waals surface area (Å²) in [5, 5.41) is 11.3. The molecule has 1 fully saturated rings. The lowest BCUT2D eigenvalue weighted by molar-refractivity contribution is 0.192. The van der Waals surface area contributed by atoms with Crippen LogP contribution in [0.25, 0.3) is 22.8 Å². The molecule has 4 rings (SSSR count). The normalized spacial score (nSPS) is 17.5. The smallest absolute Gasteiger partial charge is 0.275 e. The van der Waals surface area contributed by atoms with Crippen LogP contribution in [-0.4, -0.2) is 40.7 Å². The van der Waals surface area contributed by atoms with Crippen LogP contribution in [0.2, 0.25) is 0 Å². The number of benzene rings is 1. The highest BCUT2D eigenvalue weighted by atomic mass is 16.5. The van der Waals surface area contributed by atoms with E-state index in [2.05, 4.69) is 20.3 Å². The number of hydrogen-bond donors (Lipinski definition) is 1. The number of aromatic nitrogens is 4. The molecule has 1 aliphatic rings. The average molecular weight is 312 g/mol. The van der Waals surface area contributed by atoms with Gasteiger partial charge >= 0.3 is 0 Å². The topological polar surface area (TPSA) is 86.1 Å². The van der Waals surface area contributed by atoms with Gasteiger partial charge in [0.25, 0.3) is 5.89 Å². The summed E-state index contributed by atoms with van der Waals surface area (Å²) in [5.41, 5.74) is 2.35. The third kappa shape index (κ3) is 2.59. The van der Waals surface area contributed by atoms with Gasteiger partial charge in [-0.15, -0.1) is 0 Å². The van der Waals surface area contributed by atoms with Crippen LogP contribution in [0.15, 0.2) is 34.9 Å². The molecule has 118 valence electrons. The van der Waals surface area contributed by atoms with E-state index in [1.807, 2.05) is 30.3 Å². The summed E-state index contributed by atoms with van der Waals surface area (Å²) in [4.78, 5) is 4.45. The third-order valence-electron chi connectivity index (χ3n) is 3.93. The summed E-state index contributed by atoms with van der Waals surface area (Å²) in [6, 6.07) is 9.59. The Balaban J connectivity index is 1.63. The molecule has 0 radical (unpaired) electrons. The first kappa shape index (κ1) is 14.0. The zero-order chi connectivity index (χ0) is 15.6. The summed E-state index contributed by atoms with van der Waals surface area (Å²) >= 11 is 0. The fourth-order valence-electron chi connectivity index (χ4n) is 2.67. The number of aromatic amines is 1. The van der Waals surface area contributed by atoms with Crippen molar-refractivity contribution in [3.05, 3.63) is 36.2 Å². The molecule has 0 saturated carbocycles. The van der Waals surface area contributed by atoms with Gasteiger partial charge in [0.15, 0.2) is 5.82 Å². The Morgan fingerprint density at radius 3 is 3.04 bits per heavy atom. The molecule has 3 aromatic rings. The Labute approximate surface area is 132 Å². The van der Waals surface area contributed by atoms with E-state index >= 15 is 0 Å². The maximum absolute atomic E-state index is 5.37. The van der Waals surface area contributed by atoms with Gasteiger partial charge in [0.2, 0.25) is 0 Å². The lowest BCUT2D eigenvalue weighted by atomic mass is 10.1.